The number of fused-ring (bicyclic) bond motifs is 1. The minimum absolute atomic E-state index is 0.589. The molecule has 0 bridgehead atoms. The van der Waals surface area contributed by atoms with Crippen molar-refractivity contribution in [3.8, 4) is 17.3 Å². The van der Waals surface area contributed by atoms with Gasteiger partial charge in [-0.05, 0) is 6.92 Å². The second-order valence-corrected chi connectivity index (χ2v) is 5.53. The van der Waals surface area contributed by atoms with Crippen molar-refractivity contribution < 1.29 is 4.74 Å². The average molecular weight is 322 g/mol. The molecule has 0 unspecified atom stereocenters. The van der Waals surface area contributed by atoms with Gasteiger partial charge in [-0.2, -0.15) is 0 Å². The van der Waals surface area contributed by atoms with Gasteiger partial charge < -0.3 is 14.2 Å². The normalized spacial score (nSPS) is 13.6. The fourth-order valence-electron chi connectivity index (χ4n) is 2.88. The molecule has 7 nitrogen and oxygen atoms in total. The van der Waals surface area contributed by atoms with Crippen LogP contribution in [0, 0.1) is 0 Å². The van der Waals surface area contributed by atoms with Crippen molar-refractivity contribution in [2.75, 3.05) is 18.1 Å². The van der Waals surface area contributed by atoms with Gasteiger partial charge in [0.25, 0.3) is 0 Å². The summed E-state index contributed by atoms with van der Waals surface area (Å²) in [5.74, 6) is 3.31. The van der Waals surface area contributed by atoms with E-state index in [9.17, 15) is 0 Å². The number of anilines is 1. The van der Waals surface area contributed by atoms with Crippen LogP contribution in [0.5, 0.6) is 5.88 Å². The molecule has 0 saturated carbocycles. The third-order valence-electron chi connectivity index (χ3n) is 4.03. The Bertz CT molecular complexity index is 832. The van der Waals surface area contributed by atoms with Crippen LogP contribution in [0.1, 0.15) is 12.7 Å². The second kappa shape index (κ2) is 6.27. The monoisotopic (exact) mass is 322 g/mol. The lowest BCUT2D eigenvalue weighted by molar-refractivity contribution is 0.326. The average Bonchev–Trinajstić information content (AvgIpc) is 3.06. The zero-order chi connectivity index (χ0) is 16.4. The van der Waals surface area contributed by atoms with E-state index >= 15 is 0 Å². The van der Waals surface area contributed by atoms with Crippen molar-refractivity contribution in [2.45, 2.75) is 20.0 Å². The molecule has 0 amide bonds. The van der Waals surface area contributed by atoms with Crippen LogP contribution in [0.2, 0.25) is 0 Å². The minimum Gasteiger partial charge on any atom is -0.478 e. The van der Waals surface area contributed by atoms with Crippen LogP contribution in [-0.2, 0) is 13.1 Å². The summed E-state index contributed by atoms with van der Waals surface area (Å²) in [6.07, 6.45) is 1.54. The van der Waals surface area contributed by atoms with Crippen LogP contribution in [0.3, 0.4) is 0 Å². The molecule has 1 aromatic carbocycles. The van der Waals surface area contributed by atoms with E-state index in [0.29, 0.717) is 19.0 Å². The highest BCUT2D eigenvalue weighted by Gasteiger charge is 2.23. The van der Waals surface area contributed by atoms with E-state index in [0.717, 1.165) is 36.1 Å². The van der Waals surface area contributed by atoms with Crippen LogP contribution < -0.4 is 9.64 Å². The van der Waals surface area contributed by atoms with E-state index in [1.165, 1.54) is 6.33 Å². The first-order valence-corrected chi connectivity index (χ1v) is 8.02. The van der Waals surface area contributed by atoms with Crippen molar-refractivity contribution in [3.63, 3.8) is 0 Å². The molecular weight excluding hydrogens is 304 g/mol. The number of aromatic nitrogens is 5. The van der Waals surface area contributed by atoms with Crippen molar-refractivity contribution in [3.05, 3.63) is 48.5 Å². The predicted molar refractivity (Wildman–Crippen MR) is 89.7 cm³/mol. The molecule has 0 spiro atoms. The molecule has 24 heavy (non-hydrogen) atoms. The highest BCUT2D eigenvalue weighted by molar-refractivity contribution is 5.55. The van der Waals surface area contributed by atoms with Gasteiger partial charge in [-0.1, -0.05) is 30.3 Å². The van der Waals surface area contributed by atoms with Crippen molar-refractivity contribution in [2.24, 2.45) is 0 Å². The molecule has 0 N–H and O–H groups in total. The molecule has 122 valence electrons. The van der Waals surface area contributed by atoms with Gasteiger partial charge in [-0.25, -0.2) is 9.97 Å². The van der Waals surface area contributed by atoms with Crippen LogP contribution in [0.15, 0.2) is 42.7 Å². The lowest BCUT2D eigenvalue weighted by Gasteiger charge is -2.28. The zero-order valence-electron chi connectivity index (χ0n) is 13.5. The standard InChI is InChI=1S/C17H18N6O/c1-2-24-16-10-14(18-12-19-16)22-8-9-23-15(11-22)20-21-17(23)13-6-4-3-5-7-13/h3-7,10,12H,2,8-9,11H2,1H3. The van der Waals surface area contributed by atoms with Gasteiger partial charge in [0.15, 0.2) is 11.6 Å². The van der Waals surface area contributed by atoms with Crippen LogP contribution in [0.25, 0.3) is 11.4 Å². The van der Waals surface area contributed by atoms with E-state index in [1.54, 1.807) is 0 Å². The van der Waals surface area contributed by atoms with Gasteiger partial charge in [0.05, 0.1) is 13.2 Å². The molecule has 0 aliphatic carbocycles. The molecule has 7 heteroatoms. The molecule has 2 aromatic heterocycles. The fraction of sp³-hybridized carbons (Fsp3) is 0.294. The maximum Gasteiger partial charge on any atom is 0.218 e. The Labute approximate surface area is 140 Å². The Balaban J connectivity index is 1.59. The maximum absolute atomic E-state index is 5.46. The molecule has 3 heterocycles. The van der Waals surface area contributed by atoms with Gasteiger partial charge in [0, 0.05) is 24.7 Å². The summed E-state index contributed by atoms with van der Waals surface area (Å²) in [4.78, 5) is 10.6. The topological polar surface area (TPSA) is 69.0 Å². The number of ether oxygens (including phenoxy) is 1. The van der Waals surface area contributed by atoms with E-state index in [1.807, 2.05) is 31.2 Å². The van der Waals surface area contributed by atoms with Crippen molar-refractivity contribution in [1.29, 1.82) is 0 Å². The quantitative estimate of drug-likeness (QED) is 0.733. The van der Waals surface area contributed by atoms with Crippen molar-refractivity contribution >= 4 is 5.82 Å². The molecule has 4 rings (SSSR count). The second-order valence-electron chi connectivity index (χ2n) is 5.53. The lowest BCUT2D eigenvalue weighted by atomic mass is 10.2. The van der Waals surface area contributed by atoms with Crippen LogP contribution in [-0.4, -0.2) is 37.9 Å². The number of nitrogens with zero attached hydrogens (tertiary/aromatic N) is 6. The van der Waals surface area contributed by atoms with E-state index in [2.05, 4.69) is 41.8 Å². The summed E-state index contributed by atoms with van der Waals surface area (Å²) < 4.78 is 7.63. The summed E-state index contributed by atoms with van der Waals surface area (Å²) in [6.45, 7) is 4.86. The van der Waals surface area contributed by atoms with Gasteiger partial charge in [-0.3, -0.25) is 0 Å². The van der Waals surface area contributed by atoms with Gasteiger partial charge in [-0.15, -0.1) is 10.2 Å². The smallest absolute Gasteiger partial charge is 0.218 e. The van der Waals surface area contributed by atoms with Gasteiger partial charge in [0.2, 0.25) is 5.88 Å². The minimum atomic E-state index is 0.589. The number of rotatable bonds is 4. The Kier molecular flexibility index (Phi) is 3.82. The number of hydrogen-bond acceptors (Lipinski definition) is 6. The molecule has 0 atom stereocenters. The Hall–Kier alpha value is -2.96. The van der Waals surface area contributed by atoms with E-state index < -0.39 is 0 Å². The maximum atomic E-state index is 5.46. The summed E-state index contributed by atoms with van der Waals surface area (Å²) in [5, 5.41) is 8.74. The number of benzene rings is 1. The van der Waals surface area contributed by atoms with Crippen LogP contribution in [0.4, 0.5) is 5.82 Å². The third kappa shape index (κ3) is 2.68. The SMILES string of the molecule is CCOc1cc(N2CCn3c(nnc3-c3ccccc3)C2)ncn1. The summed E-state index contributed by atoms with van der Waals surface area (Å²) in [5.41, 5.74) is 1.09. The highest BCUT2D eigenvalue weighted by Crippen LogP contribution is 2.24. The Morgan fingerprint density at radius 3 is 2.79 bits per heavy atom. The first-order valence-electron chi connectivity index (χ1n) is 8.02. The molecule has 0 radical (unpaired) electrons. The van der Waals surface area contributed by atoms with Crippen LogP contribution >= 0.6 is 0 Å². The largest absolute Gasteiger partial charge is 0.478 e. The summed E-state index contributed by atoms with van der Waals surface area (Å²) in [6, 6.07) is 12.0. The zero-order valence-corrected chi connectivity index (χ0v) is 13.5. The number of hydrogen-bond donors (Lipinski definition) is 0. The first kappa shape index (κ1) is 14.6. The molecule has 1 aliphatic heterocycles. The Morgan fingerprint density at radius 1 is 1.08 bits per heavy atom. The van der Waals surface area contributed by atoms with E-state index in [-0.39, 0.29) is 0 Å². The predicted octanol–water partition coefficient (Wildman–Crippen LogP) is 2.15. The summed E-state index contributed by atoms with van der Waals surface area (Å²) >= 11 is 0. The van der Waals surface area contributed by atoms with E-state index in [4.69, 9.17) is 4.74 Å². The molecule has 0 fully saturated rings. The molecular formula is C17H18N6O. The first-order chi connectivity index (χ1) is 11.8. The fourth-order valence-corrected chi connectivity index (χ4v) is 2.88. The molecule has 1 aliphatic rings. The van der Waals surface area contributed by atoms with Crippen molar-refractivity contribution in [1.82, 2.24) is 24.7 Å². The molecule has 3 aromatic rings. The highest BCUT2D eigenvalue weighted by atomic mass is 16.5. The van der Waals surface area contributed by atoms with Gasteiger partial charge in [0.1, 0.15) is 12.1 Å². The Morgan fingerprint density at radius 2 is 1.96 bits per heavy atom. The summed E-state index contributed by atoms with van der Waals surface area (Å²) in [7, 11) is 0. The lowest BCUT2D eigenvalue weighted by Crippen LogP contribution is -2.34. The molecule has 0 saturated heterocycles. The van der Waals surface area contributed by atoms with Gasteiger partial charge >= 0.3 is 0 Å². The third-order valence-corrected chi connectivity index (χ3v) is 4.03.